The first-order chi connectivity index (χ1) is 18.8. The molecule has 2 heterocycles. The van der Waals surface area contributed by atoms with Gasteiger partial charge in [-0.1, -0.05) is 24.3 Å². The lowest BCUT2D eigenvalue weighted by atomic mass is 9.87. The molecule has 12 heteroatoms. The van der Waals surface area contributed by atoms with E-state index in [1.807, 2.05) is 0 Å². The van der Waals surface area contributed by atoms with Gasteiger partial charge in [-0.2, -0.15) is 0 Å². The third-order valence-corrected chi connectivity index (χ3v) is 6.67. The lowest BCUT2D eigenvalue weighted by molar-refractivity contribution is -0.134. The Balaban J connectivity index is 1.26. The number of nitrogens with zero attached hydrogens (tertiary/aromatic N) is 3. The van der Waals surface area contributed by atoms with Crippen molar-refractivity contribution >= 4 is 23.9 Å². The number of aliphatic imine (C=N–C) groups is 1. The van der Waals surface area contributed by atoms with Crippen LogP contribution in [0.5, 0.6) is 5.75 Å². The minimum Gasteiger partial charge on any atom is -0.439 e. The van der Waals surface area contributed by atoms with Crippen LogP contribution in [-0.4, -0.2) is 40.6 Å². The number of rotatable bonds is 9. The molecule has 200 valence electrons. The molecule has 2 aliphatic carbocycles. The zero-order valence-corrected chi connectivity index (χ0v) is 20.8. The molecule has 0 bridgehead atoms. The van der Waals surface area contributed by atoms with Gasteiger partial charge in [0.05, 0.1) is 0 Å². The molecule has 3 aliphatic rings. The van der Waals surface area contributed by atoms with E-state index < -0.39 is 22.9 Å². The van der Waals surface area contributed by atoms with Crippen molar-refractivity contribution in [3.8, 4) is 5.75 Å². The molecule has 5 N–H and O–H groups in total. The lowest BCUT2D eigenvalue weighted by Gasteiger charge is -2.30. The number of halogens is 1. The number of primary amides is 1. The van der Waals surface area contributed by atoms with Gasteiger partial charge in [0.1, 0.15) is 17.8 Å². The zero-order valence-electron chi connectivity index (χ0n) is 20.8. The van der Waals surface area contributed by atoms with Crippen molar-refractivity contribution in [3.63, 3.8) is 0 Å². The monoisotopic (exact) mass is 531 g/mol. The Morgan fingerprint density at radius 3 is 2.56 bits per heavy atom. The van der Waals surface area contributed by atoms with E-state index in [0.29, 0.717) is 24.1 Å². The molecule has 1 atom stereocenters. The molecule has 1 saturated carbocycles. The van der Waals surface area contributed by atoms with Gasteiger partial charge in [-0.15, -0.1) is 5.53 Å². The van der Waals surface area contributed by atoms with E-state index in [-0.39, 0.29) is 36.2 Å². The quantitative estimate of drug-likeness (QED) is 0.285. The number of carbonyl (C=O) groups excluding carboxylic acids is 3. The Labute approximate surface area is 223 Å². The Bertz CT molecular complexity index is 1420. The average molecular weight is 532 g/mol. The third-order valence-electron chi connectivity index (χ3n) is 6.67. The van der Waals surface area contributed by atoms with Crippen molar-refractivity contribution in [1.82, 2.24) is 26.3 Å². The van der Waals surface area contributed by atoms with Gasteiger partial charge < -0.3 is 15.8 Å². The number of alkyl halides is 1. The van der Waals surface area contributed by atoms with E-state index >= 15 is 4.39 Å². The number of nitrogens with two attached hydrogens (primary N) is 1. The van der Waals surface area contributed by atoms with Gasteiger partial charge in [-0.25, -0.2) is 9.40 Å². The largest absolute Gasteiger partial charge is 0.439 e. The van der Waals surface area contributed by atoms with Crippen molar-refractivity contribution in [1.29, 1.82) is 0 Å². The summed E-state index contributed by atoms with van der Waals surface area (Å²) >= 11 is 0. The summed E-state index contributed by atoms with van der Waals surface area (Å²) in [5.74, 6) is -0.991. The molecule has 0 saturated heterocycles. The predicted octanol–water partition coefficient (Wildman–Crippen LogP) is 1.89. The molecular weight excluding hydrogens is 505 g/mol. The number of pyridine rings is 1. The predicted molar refractivity (Wildman–Crippen MR) is 139 cm³/mol. The first-order valence-corrected chi connectivity index (χ1v) is 12.2. The van der Waals surface area contributed by atoms with Gasteiger partial charge in [0.25, 0.3) is 5.91 Å². The topological polar surface area (TPSA) is 151 Å². The number of hydrogen-bond donors (Lipinski definition) is 4. The number of amides is 3. The second-order valence-corrected chi connectivity index (χ2v) is 9.27. The molecule has 0 spiro atoms. The summed E-state index contributed by atoms with van der Waals surface area (Å²) in [6.45, 7) is 0.129. The maximum atomic E-state index is 16.2. The minimum atomic E-state index is -1.93. The highest BCUT2D eigenvalue weighted by Gasteiger charge is 2.55. The van der Waals surface area contributed by atoms with Gasteiger partial charge in [-0.3, -0.25) is 29.8 Å². The van der Waals surface area contributed by atoms with Crippen molar-refractivity contribution in [2.45, 2.75) is 24.9 Å². The highest BCUT2D eigenvalue weighted by Crippen LogP contribution is 2.46. The Kier molecular flexibility index (Phi) is 6.94. The number of hydrazine groups is 2. The number of benzene rings is 1. The van der Waals surface area contributed by atoms with Crippen LogP contribution >= 0.6 is 0 Å². The first kappa shape index (κ1) is 25.8. The van der Waals surface area contributed by atoms with Crippen molar-refractivity contribution in [3.05, 3.63) is 95.8 Å². The molecule has 3 amide bonds. The molecular formula is C27H26FN7O4. The van der Waals surface area contributed by atoms with E-state index in [0.717, 1.165) is 0 Å². The van der Waals surface area contributed by atoms with Gasteiger partial charge in [0.2, 0.25) is 17.7 Å². The Morgan fingerprint density at radius 1 is 1.10 bits per heavy atom. The molecule has 39 heavy (non-hydrogen) atoms. The fourth-order valence-electron chi connectivity index (χ4n) is 4.16. The highest BCUT2D eigenvalue weighted by atomic mass is 19.1. The van der Waals surface area contributed by atoms with Crippen LogP contribution in [0, 0.1) is 5.41 Å². The summed E-state index contributed by atoms with van der Waals surface area (Å²) in [7, 11) is 0. The van der Waals surface area contributed by atoms with E-state index in [9.17, 15) is 14.4 Å². The van der Waals surface area contributed by atoms with Crippen LogP contribution in [0.15, 0.2) is 89.7 Å². The normalized spacial score (nSPS) is 20.9. The van der Waals surface area contributed by atoms with Crippen LogP contribution in [-0.2, 0) is 15.3 Å². The van der Waals surface area contributed by atoms with Gasteiger partial charge in [-0.05, 0) is 43.2 Å². The molecule has 1 aromatic carbocycles. The smallest absolute Gasteiger partial charge is 0.266 e. The lowest BCUT2D eigenvalue weighted by Crippen LogP contribution is -2.50. The molecule has 1 aliphatic heterocycles. The maximum Gasteiger partial charge on any atom is 0.266 e. The molecule has 0 radical (unpaired) electrons. The van der Waals surface area contributed by atoms with E-state index in [2.05, 4.69) is 26.3 Å². The summed E-state index contributed by atoms with van der Waals surface area (Å²) in [4.78, 5) is 44.6. The van der Waals surface area contributed by atoms with Crippen LogP contribution in [0.2, 0.25) is 0 Å². The van der Waals surface area contributed by atoms with Crippen LogP contribution in [0.4, 0.5) is 4.39 Å². The third kappa shape index (κ3) is 5.41. The second kappa shape index (κ2) is 10.5. The second-order valence-electron chi connectivity index (χ2n) is 9.27. The standard InChI is InChI=1S/C27H26FN7O4/c28-27(10-5-19(6-11-27)32-25(38)26(12-13-26)24(29)37)20-3-1-2-4-21(20)39-22-9-16-31-17-35(22)34-33-23(36)18-7-14-30-15-8-18/h1-10,14-16,34H,11-13,17H2,(H2,29,37)(H,32,38)(H,33,36). The number of aromatic nitrogens is 1. The fraction of sp³-hybridized carbons (Fsp3) is 0.222. The molecule has 5 rings (SSSR count). The molecule has 2 aromatic rings. The molecule has 1 unspecified atom stereocenters. The van der Waals surface area contributed by atoms with Crippen molar-refractivity contribution in [2.24, 2.45) is 16.1 Å². The van der Waals surface area contributed by atoms with Crippen LogP contribution in [0.3, 0.4) is 0 Å². The minimum absolute atomic E-state index is 0.0759. The number of allylic oxidation sites excluding steroid dienone is 4. The van der Waals surface area contributed by atoms with E-state index in [1.165, 1.54) is 29.6 Å². The summed E-state index contributed by atoms with van der Waals surface area (Å²) in [6.07, 6.45) is 11.2. The Hall–Kier alpha value is -4.84. The summed E-state index contributed by atoms with van der Waals surface area (Å²) in [5.41, 5.74) is 8.67. The summed E-state index contributed by atoms with van der Waals surface area (Å²) in [6, 6.07) is 9.80. The first-order valence-electron chi connectivity index (χ1n) is 12.2. The zero-order chi connectivity index (χ0) is 27.5. The average Bonchev–Trinajstić information content (AvgIpc) is 3.77. The number of ether oxygens (including phenoxy) is 1. The fourth-order valence-corrected chi connectivity index (χ4v) is 4.16. The van der Waals surface area contributed by atoms with Gasteiger partial charge in [0, 0.05) is 47.9 Å². The molecule has 1 fully saturated rings. The maximum absolute atomic E-state index is 16.2. The van der Waals surface area contributed by atoms with Crippen molar-refractivity contribution < 1.29 is 23.5 Å². The number of hydrogen-bond acceptors (Lipinski definition) is 8. The van der Waals surface area contributed by atoms with Gasteiger partial charge >= 0.3 is 0 Å². The summed E-state index contributed by atoms with van der Waals surface area (Å²) in [5, 5.41) is 4.13. The number of para-hydroxylation sites is 1. The van der Waals surface area contributed by atoms with E-state index in [4.69, 9.17) is 10.5 Å². The van der Waals surface area contributed by atoms with Gasteiger partial charge in [0.15, 0.2) is 5.67 Å². The van der Waals surface area contributed by atoms with Crippen molar-refractivity contribution in [2.75, 3.05) is 6.67 Å². The molecule has 1 aromatic heterocycles. The number of carbonyl (C=O) groups is 3. The Morgan fingerprint density at radius 2 is 1.87 bits per heavy atom. The number of nitrogens with one attached hydrogen (secondary N) is 3. The highest BCUT2D eigenvalue weighted by molar-refractivity contribution is 6.07. The van der Waals surface area contributed by atoms with Crippen LogP contribution in [0.1, 0.15) is 35.2 Å². The SMILES string of the molecule is NC(=O)C1(C(=O)NC2=CCC(F)(c3ccccc3OC3=CC=NCN3NNC(=O)c3ccncc3)C=C2)CC1. The summed E-state index contributed by atoms with van der Waals surface area (Å²) < 4.78 is 22.3. The van der Waals surface area contributed by atoms with Crippen LogP contribution in [0.25, 0.3) is 0 Å². The van der Waals surface area contributed by atoms with Crippen LogP contribution < -0.4 is 26.7 Å². The van der Waals surface area contributed by atoms with E-state index in [1.54, 1.807) is 54.8 Å². The molecule has 11 nitrogen and oxygen atoms in total.